The van der Waals surface area contributed by atoms with E-state index in [1.807, 2.05) is 6.07 Å². The first kappa shape index (κ1) is 28.2. The maximum absolute atomic E-state index is 12.9. The zero-order valence-electron chi connectivity index (χ0n) is 21.7. The van der Waals surface area contributed by atoms with Gasteiger partial charge in [-0.3, -0.25) is 4.72 Å². The van der Waals surface area contributed by atoms with E-state index in [1.165, 1.54) is 47.7 Å². The van der Waals surface area contributed by atoms with Crippen molar-refractivity contribution in [2.24, 2.45) is 0 Å². The number of methoxy groups -OCH3 is 5. The molecule has 2 N–H and O–H groups in total. The van der Waals surface area contributed by atoms with Crippen LogP contribution >= 0.6 is 0 Å². The quantitative estimate of drug-likeness (QED) is 0.320. The molecule has 38 heavy (non-hydrogen) atoms. The normalized spacial score (nSPS) is 11.9. The zero-order chi connectivity index (χ0) is 27.7. The first-order valence-corrected chi connectivity index (χ1v) is 12.9. The van der Waals surface area contributed by atoms with Crippen LogP contribution in [0.25, 0.3) is 6.08 Å². The molecule has 0 saturated carbocycles. The number of benzene rings is 3. The SMILES string of the molecule is COC(=O)C(Nc1cc(NS(=O)(=O)/C=C/c2c(OC)cc(OC)cc2OC)ccc1OC)c1ccccc1. The minimum absolute atomic E-state index is 0.239. The molecular formula is C27H30N2O8S. The predicted molar refractivity (Wildman–Crippen MR) is 145 cm³/mol. The van der Waals surface area contributed by atoms with Gasteiger partial charge in [-0.1, -0.05) is 30.3 Å². The largest absolute Gasteiger partial charge is 0.496 e. The van der Waals surface area contributed by atoms with Crippen LogP contribution < -0.4 is 29.0 Å². The van der Waals surface area contributed by atoms with Gasteiger partial charge < -0.3 is 29.0 Å². The fourth-order valence-electron chi connectivity index (χ4n) is 3.63. The second kappa shape index (κ2) is 12.7. The number of esters is 1. The number of carbonyl (C=O) groups is 1. The molecule has 0 fully saturated rings. The summed E-state index contributed by atoms with van der Waals surface area (Å²) < 4.78 is 54.7. The highest BCUT2D eigenvalue weighted by Crippen LogP contribution is 2.36. The summed E-state index contributed by atoms with van der Waals surface area (Å²) in [6, 6.07) is 16.0. The standard InChI is InChI=1S/C27H30N2O8S/c1-33-20-16-24(35-3)21(25(17-20)36-4)13-14-38(31,32)29-19-11-12-23(34-2)22(15-19)28-26(27(30)37-5)18-9-7-6-8-10-18/h6-17,26,28-29H,1-5H3/b14-13+. The van der Waals surface area contributed by atoms with Crippen molar-refractivity contribution in [1.29, 1.82) is 0 Å². The Labute approximate surface area is 222 Å². The molecule has 3 aromatic rings. The number of ether oxygens (including phenoxy) is 5. The van der Waals surface area contributed by atoms with E-state index in [0.717, 1.165) is 5.41 Å². The van der Waals surface area contributed by atoms with E-state index < -0.39 is 22.0 Å². The molecule has 0 aliphatic heterocycles. The molecule has 0 saturated heterocycles. The molecule has 10 nitrogen and oxygen atoms in total. The molecule has 0 aliphatic rings. The van der Waals surface area contributed by atoms with E-state index in [-0.39, 0.29) is 5.69 Å². The first-order valence-electron chi connectivity index (χ1n) is 11.3. The summed E-state index contributed by atoms with van der Waals surface area (Å²) in [5.74, 6) is 1.13. The number of nitrogens with one attached hydrogen (secondary N) is 2. The molecule has 202 valence electrons. The lowest BCUT2D eigenvalue weighted by molar-refractivity contribution is -0.141. The third kappa shape index (κ3) is 6.88. The van der Waals surface area contributed by atoms with Crippen molar-refractivity contribution < 1.29 is 36.9 Å². The van der Waals surface area contributed by atoms with Crippen molar-refractivity contribution in [1.82, 2.24) is 0 Å². The summed E-state index contributed by atoms with van der Waals surface area (Å²) in [6.07, 6.45) is 1.37. The lowest BCUT2D eigenvalue weighted by Gasteiger charge is -2.20. The van der Waals surface area contributed by atoms with E-state index in [1.54, 1.807) is 48.5 Å². The van der Waals surface area contributed by atoms with E-state index >= 15 is 0 Å². The molecule has 0 radical (unpaired) electrons. The van der Waals surface area contributed by atoms with Crippen LogP contribution in [0.3, 0.4) is 0 Å². The maximum Gasteiger partial charge on any atom is 0.332 e. The minimum atomic E-state index is -3.97. The average Bonchev–Trinajstić information content (AvgIpc) is 2.94. The van der Waals surface area contributed by atoms with Crippen molar-refractivity contribution in [3.63, 3.8) is 0 Å². The van der Waals surface area contributed by atoms with Crippen LogP contribution in [0.4, 0.5) is 11.4 Å². The van der Waals surface area contributed by atoms with Crippen LogP contribution in [0.1, 0.15) is 17.2 Å². The highest BCUT2D eigenvalue weighted by Gasteiger charge is 2.23. The average molecular weight is 543 g/mol. The van der Waals surface area contributed by atoms with Gasteiger partial charge in [-0.2, -0.15) is 0 Å². The number of hydrogen-bond acceptors (Lipinski definition) is 9. The molecule has 0 aromatic heterocycles. The Morgan fingerprint density at radius 1 is 0.816 bits per heavy atom. The third-order valence-electron chi connectivity index (χ3n) is 5.50. The van der Waals surface area contributed by atoms with Gasteiger partial charge in [0.15, 0.2) is 6.04 Å². The second-order valence-corrected chi connectivity index (χ2v) is 9.39. The monoisotopic (exact) mass is 542 g/mol. The molecule has 0 spiro atoms. The van der Waals surface area contributed by atoms with Crippen molar-refractivity contribution in [2.45, 2.75) is 6.04 Å². The summed E-state index contributed by atoms with van der Waals surface area (Å²) in [5.41, 5.74) is 1.71. The van der Waals surface area contributed by atoms with Gasteiger partial charge in [0.25, 0.3) is 10.0 Å². The topological polar surface area (TPSA) is 121 Å². The van der Waals surface area contributed by atoms with Crippen LogP contribution in [0.2, 0.25) is 0 Å². The van der Waals surface area contributed by atoms with Gasteiger partial charge in [0.05, 0.1) is 57.9 Å². The van der Waals surface area contributed by atoms with Gasteiger partial charge in [0.1, 0.15) is 23.0 Å². The Kier molecular flexibility index (Phi) is 9.44. The van der Waals surface area contributed by atoms with Gasteiger partial charge in [0.2, 0.25) is 0 Å². The fraction of sp³-hybridized carbons (Fsp3) is 0.222. The van der Waals surface area contributed by atoms with E-state index in [4.69, 9.17) is 23.7 Å². The lowest BCUT2D eigenvalue weighted by Crippen LogP contribution is -2.22. The van der Waals surface area contributed by atoms with Crippen molar-refractivity contribution >= 4 is 33.4 Å². The Balaban J connectivity index is 1.90. The van der Waals surface area contributed by atoms with Crippen LogP contribution in [0.15, 0.2) is 66.1 Å². The summed E-state index contributed by atoms with van der Waals surface area (Å²) >= 11 is 0. The van der Waals surface area contributed by atoms with Crippen LogP contribution in [-0.4, -0.2) is 49.9 Å². The van der Waals surface area contributed by atoms with Gasteiger partial charge in [-0.25, -0.2) is 13.2 Å². The Hall–Kier alpha value is -4.38. The van der Waals surface area contributed by atoms with Crippen LogP contribution in [-0.2, 0) is 19.6 Å². The molecule has 1 unspecified atom stereocenters. The van der Waals surface area contributed by atoms with Gasteiger partial charge in [-0.15, -0.1) is 0 Å². The van der Waals surface area contributed by atoms with Gasteiger partial charge >= 0.3 is 5.97 Å². The molecule has 0 bridgehead atoms. The Morgan fingerprint density at radius 3 is 2.00 bits per heavy atom. The summed E-state index contributed by atoms with van der Waals surface area (Å²) in [6.45, 7) is 0. The summed E-state index contributed by atoms with van der Waals surface area (Å²) in [5, 5.41) is 4.09. The minimum Gasteiger partial charge on any atom is -0.496 e. The number of rotatable bonds is 12. The smallest absolute Gasteiger partial charge is 0.332 e. The van der Waals surface area contributed by atoms with Gasteiger partial charge in [-0.05, 0) is 29.8 Å². The number of carbonyl (C=O) groups excluding carboxylic acids is 1. The fourth-order valence-corrected chi connectivity index (χ4v) is 4.47. The predicted octanol–water partition coefficient (Wildman–Crippen LogP) is 4.46. The summed E-state index contributed by atoms with van der Waals surface area (Å²) in [7, 11) is 3.22. The Morgan fingerprint density at radius 2 is 1.45 bits per heavy atom. The van der Waals surface area contributed by atoms with Crippen LogP contribution in [0, 0.1) is 0 Å². The van der Waals surface area contributed by atoms with Crippen molar-refractivity contribution in [3.05, 3.63) is 77.2 Å². The zero-order valence-corrected chi connectivity index (χ0v) is 22.5. The first-order chi connectivity index (χ1) is 18.2. The van der Waals surface area contributed by atoms with Crippen molar-refractivity contribution in [3.8, 4) is 23.0 Å². The maximum atomic E-state index is 12.9. The number of anilines is 2. The highest BCUT2D eigenvalue weighted by molar-refractivity contribution is 7.95. The third-order valence-corrected chi connectivity index (χ3v) is 6.51. The Bertz CT molecular complexity index is 1370. The molecule has 0 aliphatic carbocycles. The molecule has 3 rings (SSSR count). The molecular weight excluding hydrogens is 512 g/mol. The molecule has 1 atom stereocenters. The number of sulfonamides is 1. The van der Waals surface area contributed by atoms with Crippen molar-refractivity contribution in [2.75, 3.05) is 45.6 Å². The van der Waals surface area contributed by atoms with Crippen LogP contribution in [0.5, 0.6) is 23.0 Å². The van der Waals surface area contributed by atoms with E-state index in [0.29, 0.717) is 39.8 Å². The molecule has 3 aromatic carbocycles. The lowest BCUT2D eigenvalue weighted by atomic mass is 10.1. The molecule has 0 heterocycles. The highest BCUT2D eigenvalue weighted by atomic mass is 32.2. The second-order valence-electron chi connectivity index (χ2n) is 7.82. The van der Waals surface area contributed by atoms with E-state index in [2.05, 4.69) is 10.0 Å². The number of hydrogen-bond donors (Lipinski definition) is 2. The van der Waals surface area contributed by atoms with Gasteiger partial charge in [0, 0.05) is 12.1 Å². The molecule has 0 amide bonds. The summed E-state index contributed by atoms with van der Waals surface area (Å²) in [4.78, 5) is 12.5. The molecule has 11 heteroatoms. The van der Waals surface area contributed by atoms with E-state index in [9.17, 15) is 13.2 Å².